The second-order valence-electron chi connectivity index (χ2n) is 3.46. The van der Waals surface area contributed by atoms with Gasteiger partial charge in [0.1, 0.15) is 5.76 Å². The molecule has 0 saturated heterocycles. The molecule has 0 radical (unpaired) electrons. The first-order chi connectivity index (χ1) is 5.77. The van der Waals surface area contributed by atoms with Crippen LogP contribution in [0.25, 0.3) is 6.08 Å². The minimum absolute atomic E-state index is 0.393. The molecule has 2 rings (SSSR count). The van der Waals surface area contributed by atoms with Crippen molar-refractivity contribution in [1.82, 2.24) is 4.98 Å². The van der Waals surface area contributed by atoms with Crippen LogP contribution >= 0.6 is 0 Å². The first-order valence-corrected chi connectivity index (χ1v) is 4.43. The van der Waals surface area contributed by atoms with Crippen LogP contribution < -0.4 is 0 Å². The molecule has 2 nitrogen and oxygen atoms in total. The fourth-order valence-electron chi connectivity index (χ4n) is 1.35. The highest BCUT2D eigenvalue weighted by molar-refractivity contribution is 5.48. The third-order valence-electron chi connectivity index (χ3n) is 2.06. The van der Waals surface area contributed by atoms with Gasteiger partial charge in [0.15, 0.2) is 5.89 Å². The van der Waals surface area contributed by atoms with Crippen molar-refractivity contribution in [3.8, 4) is 0 Å². The standard InChI is InChI=1S/C10H13NO/c1-7(2)10-11-8-5-3-4-6-9(8)12-10/h4,6-7H,3,5H2,1-2H3. The Morgan fingerprint density at radius 2 is 2.33 bits per heavy atom. The highest BCUT2D eigenvalue weighted by Crippen LogP contribution is 2.23. The first kappa shape index (κ1) is 7.59. The maximum atomic E-state index is 5.57. The number of hydrogen-bond donors (Lipinski definition) is 0. The predicted molar refractivity (Wildman–Crippen MR) is 47.9 cm³/mol. The number of oxazole rings is 1. The van der Waals surface area contributed by atoms with Gasteiger partial charge in [-0.3, -0.25) is 0 Å². The van der Waals surface area contributed by atoms with E-state index in [1.807, 2.05) is 6.08 Å². The van der Waals surface area contributed by atoms with Crippen LogP contribution in [-0.2, 0) is 6.42 Å². The molecule has 12 heavy (non-hydrogen) atoms. The van der Waals surface area contributed by atoms with Crippen molar-refractivity contribution in [2.75, 3.05) is 0 Å². The summed E-state index contributed by atoms with van der Waals surface area (Å²) in [4.78, 5) is 4.43. The zero-order valence-electron chi connectivity index (χ0n) is 7.50. The summed E-state index contributed by atoms with van der Waals surface area (Å²) < 4.78 is 5.57. The fraction of sp³-hybridized carbons (Fsp3) is 0.500. The second kappa shape index (κ2) is 2.77. The molecule has 2 heteroatoms. The van der Waals surface area contributed by atoms with Crippen LogP contribution in [0.2, 0.25) is 0 Å². The minimum atomic E-state index is 0.393. The second-order valence-corrected chi connectivity index (χ2v) is 3.46. The molecule has 1 aliphatic carbocycles. The summed E-state index contributed by atoms with van der Waals surface area (Å²) in [5, 5.41) is 0. The molecule has 0 aromatic carbocycles. The van der Waals surface area contributed by atoms with Crippen molar-refractivity contribution in [1.29, 1.82) is 0 Å². The van der Waals surface area contributed by atoms with Crippen LogP contribution in [0.5, 0.6) is 0 Å². The van der Waals surface area contributed by atoms with Crippen LogP contribution in [0.1, 0.15) is 43.5 Å². The average Bonchev–Trinajstić information content (AvgIpc) is 2.46. The third kappa shape index (κ3) is 1.17. The molecule has 0 bridgehead atoms. The van der Waals surface area contributed by atoms with Crippen molar-refractivity contribution in [3.63, 3.8) is 0 Å². The Kier molecular flexibility index (Phi) is 1.75. The average molecular weight is 163 g/mol. The number of allylic oxidation sites excluding steroid dienone is 1. The fourth-order valence-corrected chi connectivity index (χ4v) is 1.35. The minimum Gasteiger partial charge on any atom is -0.441 e. The van der Waals surface area contributed by atoms with Gasteiger partial charge in [-0.1, -0.05) is 19.9 Å². The number of rotatable bonds is 1. The highest BCUT2D eigenvalue weighted by Gasteiger charge is 2.14. The van der Waals surface area contributed by atoms with E-state index in [4.69, 9.17) is 4.42 Å². The van der Waals surface area contributed by atoms with E-state index in [2.05, 4.69) is 24.9 Å². The van der Waals surface area contributed by atoms with Crippen LogP contribution in [-0.4, -0.2) is 4.98 Å². The van der Waals surface area contributed by atoms with Gasteiger partial charge in [0.25, 0.3) is 0 Å². The van der Waals surface area contributed by atoms with Crippen molar-refractivity contribution in [2.24, 2.45) is 0 Å². The Bertz CT molecular complexity index is 310. The summed E-state index contributed by atoms with van der Waals surface area (Å²) in [7, 11) is 0. The van der Waals surface area contributed by atoms with E-state index < -0.39 is 0 Å². The largest absolute Gasteiger partial charge is 0.441 e. The lowest BCUT2D eigenvalue weighted by atomic mass is 10.1. The van der Waals surface area contributed by atoms with Gasteiger partial charge in [0, 0.05) is 5.92 Å². The maximum Gasteiger partial charge on any atom is 0.197 e. The molecule has 0 spiro atoms. The Morgan fingerprint density at radius 3 is 3.00 bits per heavy atom. The zero-order chi connectivity index (χ0) is 8.55. The number of aromatic nitrogens is 1. The molecule has 64 valence electrons. The van der Waals surface area contributed by atoms with Crippen molar-refractivity contribution in [2.45, 2.75) is 32.6 Å². The lowest BCUT2D eigenvalue weighted by molar-refractivity contribution is 0.463. The van der Waals surface area contributed by atoms with Gasteiger partial charge in [0.2, 0.25) is 0 Å². The van der Waals surface area contributed by atoms with Crippen molar-refractivity contribution in [3.05, 3.63) is 23.4 Å². The van der Waals surface area contributed by atoms with E-state index >= 15 is 0 Å². The van der Waals surface area contributed by atoms with Gasteiger partial charge >= 0.3 is 0 Å². The molecule has 0 aliphatic heterocycles. The number of hydrogen-bond acceptors (Lipinski definition) is 2. The summed E-state index contributed by atoms with van der Waals surface area (Å²) in [5.41, 5.74) is 1.13. The summed E-state index contributed by atoms with van der Waals surface area (Å²) in [5.74, 6) is 2.22. The molecular weight excluding hydrogens is 150 g/mol. The lowest BCUT2D eigenvalue weighted by Crippen LogP contribution is -1.92. The smallest absolute Gasteiger partial charge is 0.197 e. The van der Waals surface area contributed by atoms with Crippen molar-refractivity contribution >= 4 is 6.08 Å². The number of nitrogens with zero attached hydrogens (tertiary/aromatic N) is 1. The molecule has 0 N–H and O–H groups in total. The Hall–Kier alpha value is -1.05. The molecule has 1 heterocycles. The molecule has 0 amide bonds. The van der Waals surface area contributed by atoms with Crippen LogP contribution in [0.3, 0.4) is 0 Å². The van der Waals surface area contributed by atoms with Gasteiger partial charge in [-0.2, -0.15) is 0 Å². The molecule has 1 aliphatic rings. The molecular formula is C10H13NO. The van der Waals surface area contributed by atoms with E-state index in [9.17, 15) is 0 Å². The number of fused-ring (bicyclic) bond motifs is 1. The molecule has 1 aromatic rings. The maximum absolute atomic E-state index is 5.57. The van der Waals surface area contributed by atoms with E-state index in [-0.39, 0.29) is 0 Å². The summed E-state index contributed by atoms with van der Waals surface area (Å²) in [6, 6.07) is 0. The van der Waals surface area contributed by atoms with Crippen molar-refractivity contribution < 1.29 is 4.42 Å². The van der Waals surface area contributed by atoms with E-state index in [0.717, 1.165) is 30.2 Å². The van der Waals surface area contributed by atoms with Gasteiger partial charge in [-0.05, 0) is 18.9 Å². The molecule has 0 atom stereocenters. The van der Waals surface area contributed by atoms with Gasteiger partial charge in [-0.15, -0.1) is 0 Å². The highest BCUT2D eigenvalue weighted by atomic mass is 16.4. The van der Waals surface area contributed by atoms with E-state index in [1.54, 1.807) is 0 Å². The predicted octanol–water partition coefficient (Wildman–Crippen LogP) is 2.76. The Balaban J connectivity index is 2.39. The topological polar surface area (TPSA) is 26.0 Å². The molecule has 0 saturated carbocycles. The van der Waals surface area contributed by atoms with Crippen LogP contribution in [0.4, 0.5) is 0 Å². The van der Waals surface area contributed by atoms with Gasteiger partial charge in [0.05, 0.1) is 5.69 Å². The molecule has 0 fully saturated rings. The zero-order valence-corrected chi connectivity index (χ0v) is 7.50. The summed E-state index contributed by atoms with van der Waals surface area (Å²) in [6.45, 7) is 4.20. The monoisotopic (exact) mass is 163 g/mol. The Morgan fingerprint density at radius 1 is 1.50 bits per heavy atom. The first-order valence-electron chi connectivity index (χ1n) is 4.43. The Labute approximate surface area is 72.3 Å². The summed E-state index contributed by atoms with van der Waals surface area (Å²) >= 11 is 0. The lowest BCUT2D eigenvalue weighted by Gasteiger charge is -1.98. The SMILES string of the molecule is CC(C)c1nc2c(o1)C=CCC2. The summed E-state index contributed by atoms with van der Waals surface area (Å²) in [6.07, 6.45) is 6.29. The normalized spacial score (nSPS) is 15.2. The van der Waals surface area contributed by atoms with Crippen LogP contribution in [0.15, 0.2) is 10.5 Å². The third-order valence-corrected chi connectivity index (χ3v) is 2.06. The van der Waals surface area contributed by atoms with E-state index in [1.165, 1.54) is 0 Å². The van der Waals surface area contributed by atoms with Gasteiger partial charge in [-0.25, -0.2) is 4.98 Å². The quantitative estimate of drug-likeness (QED) is 0.636. The molecule has 1 aromatic heterocycles. The van der Waals surface area contributed by atoms with Gasteiger partial charge < -0.3 is 4.42 Å². The van der Waals surface area contributed by atoms with E-state index in [0.29, 0.717) is 5.92 Å². The number of aryl methyl sites for hydroxylation is 1. The molecule has 0 unspecified atom stereocenters. The van der Waals surface area contributed by atoms with Crippen LogP contribution in [0, 0.1) is 0 Å².